The van der Waals surface area contributed by atoms with Crippen LogP contribution < -0.4 is 10.3 Å². The van der Waals surface area contributed by atoms with Crippen molar-refractivity contribution in [2.24, 2.45) is 5.92 Å². The fourth-order valence-corrected chi connectivity index (χ4v) is 3.43. The minimum absolute atomic E-state index is 0.0279. The molecular formula is C24H27FN6O3. The molecule has 0 saturated heterocycles. The van der Waals surface area contributed by atoms with Gasteiger partial charge in [0.15, 0.2) is 0 Å². The van der Waals surface area contributed by atoms with Crippen molar-refractivity contribution < 1.29 is 13.7 Å². The van der Waals surface area contributed by atoms with Crippen molar-refractivity contribution in [2.75, 3.05) is 0 Å². The molecule has 0 spiro atoms. The van der Waals surface area contributed by atoms with Crippen LogP contribution in [0.5, 0.6) is 5.75 Å². The molecule has 0 atom stereocenters. The lowest BCUT2D eigenvalue weighted by atomic mass is 10.2. The summed E-state index contributed by atoms with van der Waals surface area (Å²) >= 11 is 0. The molecule has 178 valence electrons. The normalized spacial score (nSPS) is 11.9. The van der Waals surface area contributed by atoms with E-state index in [2.05, 4.69) is 34.1 Å². The third-order valence-electron chi connectivity index (χ3n) is 4.89. The molecule has 34 heavy (non-hydrogen) atoms. The van der Waals surface area contributed by atoms with E-state index in [1.165, 1.54) is 13.8 Å². The molecule has 4 rings (SSSR count). The lowest BCUT2D eigenvalue weighted by Crippen LogP contribution is -2.22. The lowest BCUT2D eigenvalue weighted by Gasteiger charge is -2.16. The molecule has 10 heteroatoms. The highest BCUT2D eigenvalue weighted by atomic mass is 19.2. The van der Waals surface area contributed by atoms with Crippen molar-refractivity contribution in [1.82, 2.24) is 29.5 Å². The Morgan fingerprint density at radius 1 is 1.09 bits per heavy atom. The van der Waals surface area contributed by atoms with Gasteiger partial charge in [0.25, 0.3) is 11.4 Å². The van der Waals surface area contributed by atoms with Crippen LogP contribution in [0.4, 0.5) is 4.39 Å². The lowest BCUT2D eigenvalue weighted by molar-refractivity contribution is -0.0256. The van der Waals surface area contributed by atoms with Crippen LogP contribution >= 0.6 is 0 Å². The molecule has 4 aromatic rings. The van der Waals surface area contributed by atoms with E-state index < -0.39 is 5.85 Å². The molecule has 0 saturated carbocycles. The number of rotatable bonds is 8. The highest BCUT2D eigenvalue weighted by Crippen LogP contribution is 2.25. The molecule has 1 aromatic carbocycles. The molecule has 0 aliphatic heterocycles. The molecule has 0 N–H and O–H groups in total. The molecule has 0 bridgehead atoms. The molecule has 0 fully saturated rings. The van der Waals surface area contributed by atoms with Crippen molar-refractivity contribution in [3.63, 3.8) is 0 Å². The quantitative estimate of drug-likeness (QED) is 0.382. The number of benzene rings is 1. The maximum atomic E-state index is 13.7. The first-order valence-corrected chi connectivity index (χ1v) is 11.0. The molecule has 3 heterocycles. The van der Waals surface area contributed by atoms with Crippen molar-refractivity contribution in [3.05, 3.63) is 64.3 Å². The third kappa shape index (κ3) is 5.56. The van der Waals surface area contributed by atoms with Crippen LogP contribution in [0, 0.1) is 12.8 Å². The van der Waals surface area contributed by atoms with Gasteiger partial charge >= 0.3 is 0 Å². The predicted molar refractivity (Wildman–Crippen MR) is 124 cm³/mol. The number of aromatic nitrogens is 6. The van der Waals surface area contributed by atoms with Crippen LogP contribution in [-0.2, 0) is 13.1 Å². The van der Waals surface area contributed by atoms with E-state index in [1.54, 1.807) is 45.6 Å². The second-order valence-electron chi connectivity index (χ2n) is 8.98. The molecule has 0 unspecified atom stereocenters. The van der Waals surface area contributed by atoms with Crippen LogP contribution in [0.25, 0.3) is 23.1 Å². The molecule has 3 aromatic heterocycles. The monoisotopic (exact) mass is 466 g/mol. The highest BCUT2D eigenvalue weighted by Gasteiger charge is 2.19. The van der Waals surface area contributed by atoms with Gasteiger partial charge in [0.2, 0.25) is 17.5 Å². The van der Waals surface area contributed by atoms with E-state index in [4.69, 9.17) is 9.26 Å². The summed E-state index contributed by atoms with van der Waals surface area (Å²) in [6.45, 7) is 9.74. The van der Waals surface area contributed by atoms with Gasteiger partial charge in [0.05, 0.1) is 6.54 Å². The van der Waals surface area contributed by atoms with Crippen LogP contribution in [0.15, 0.2) is 51.9 Å². The van der Waals surface area contributed by atoms with E-state index in [-0.39, 0.29) is 11.4 Å². The summed E-state index contributed by atoms with van der Waals surface area (Å²) in [5, 5.41) is 8.52. The van der Waals surface area contributed by atoms with Gasteiger partial charge in [-0.15, -0.1) is 5.10 Å². The van der Waals surface area contributed by atoms with Crippen LogP contribution in [0.1, 0.15) is 39.1 Å². The second-order valence-corrected chi connectivity index (χ2v) is 8.98. The number of hydrogen-bond acceptors (Lipinski definition) is 7. The van der Waals surface area contributed by atoms with Crippen molar-refractivity contribution in [2.45, 2.75) is 53.6 Å². The molecule has 9 nitrogen and oxygen atoms in total. The fourth-order valence-electron chi connectivity index (χ4n) is 3.43. The van der Waals surface area contributed by atoms with Crippen molar-refractivity contribution in [3.8, 4) is 28.9 Å². The Morgan fingerprint density at radius 3 is 2.50 bits per heavy atom. The predicted octanol–water partition coefficient (Wildman–Crippen LogP) is 4.25. The summed E-state index contributed by atoms with van der Waals surface area (Å²) in [5.74, 6) is 0.518. The average Bonchev–Trinajstić information content (AvgIpc) is 3.37. The number of pyridine rings is 1. The van der Waals surface area contributed by atoms with Gasteiger partial charge in [0.1, 0.15) is 11.6 Å². The minimum Gasteiger partial charge on any atom is -0.459 e. The molecule has 0 aliphatic rings. The highest BCUT2D eigenvalue weighted by molar-refractivity contribution is 5.57. The Kier molecular flexibility index (Phi) is 6.32. The summed E-state index contributed by atoms with van der Waals surface area (Å²) < 4.78 is 27.7. The zero-order valence-corrected chi connectivity index (χ0v) is 19.8. The number of alkyl halides is 1. The number of aryl methyl sites for hydroxylation is 1. The second kappa shape index (κ2) is 9.20. The largest absolute Gasteiger partial charge is 0.459 e. The van der Waals surface area contributed by atoms with Crippen LogP contribution in [-0.4, -0.2) is 35.3 Å². The third-order valence-corrected chi connectivity index (χ3v) is 4.89. The Labute approximate surface area is 196 Å². The smallest absolute Gasteiger partial charge is 0.297 e. The van der Waals surface area contributed by atoms with Crippen LogP contribution in [0.3, 0.4) is 0 Å². The Morgan fingerprint density at radius 2 is 1.82 bits per heavy atom. The van der Waals surface area contributed by atoms with Crippen molar-refractivity contribution >= 4 is 0 Å². The van der Waals surface area contributed by atoms with Gasteiger partial charge in [-0.05, 0) is 42.7 Å². The first kappa shape index (κ1) is 23.3. The van der Waals surface area contributed by atoms with E-state index in [9.17, 15) is 9.18 Å². The van der Waals surface area contributed by atoms with Gasteiger partial charge in [-0.2, -0.15) is 9.37 Å². The number of nitrogens with zero attached hydrogens (tertiary/aromatic N) is 6. The summed E-state index contributed by atoms with van der Waals surface area (Å²) in [4.78, 5) is 20.9. The molecule has 0 amide bonds. The van der Waals surface area contributed by atoms with E-state index in [1.807, 2.05) is 13.1 Å². The summed E-state index contributed by atoms with van der Waals surface area (Å²) in [5.41, 5.74) is 1.59. The van der Waals surface area contributed by atoms with Gasteiger partial charge < -0.3 is 13.8 Å². The first-order chi connectivity index (χ1) is 16.1. The fraction of sp³-hybridized carbons (Fsp3) is 0.375. The molecule has 0 radical (unpaired) electrons. The topological polar surface area (TPSA) is 101 Å². The zero-order valence-electron chi connectivity index (χ0n) is 19.8. The van der Waals surface area contributed by atoms with Gasteiger partial charge in [-0.1, -0.05) is 25.1 Å². The maximum Gasteiger partial charge on any atom is 0.297 e. The maximum absolute atomic E-state index is 13.7. The SMILES string of the molecule is Cc1nc(-c2nc(-c3ccc(OC(C)(C)F)cc3)no2)nn1Cc1ccc(=O)n(CC(C)C)c1. The van der Waals surface area contributed by atoms with Gasteiger partial charge in [-0.25, -0.2) is 9.67 Å². The van der Waals surface area contributed by atoms with E-state index in [0.29, 0.717) is 47.8 Å². The summed E-state index contributed by atoms with van der Waals surface area (Å²) in [7, 11) is 0. The zero-order chi connectivity index (χ0) is 24.5. The number of ether oxygens (including phenoxy) is 1. The van der Waals surface area contributed by atoms with E-state index in [0.717, 1.165) is 5.56 Å². The minimum atomic E-state index is -1.77. The van der Waals surface area contributed by atoms with Gasteiger partial charge in [0, 0.05) is 38.2 Å². The Hall–Kier alpha value is -3.82. The number of hydrogen-bond donors (Lipinski definition) is 0. The van der Waals surface area contributed by atoms with Gasteiger partial charge in [-0.3, -0.25) is 4.79 Å². The molecular weight excluding hydrogens is 439 g/mol. The number of halogens is 1. The Balaban J connectivity index is 1.52. The van der Waals surface area contributed by atoms with Crippen molar-refractivity contribution in [1.29, 1.82) is 0 Å². The van der Waals surface area contributed by atoms with Crippen LogP contribution in [0.2, 0.25) is 0 Å². The molecule has 0 aliphatic carbocycles. The summed E-state index contributed by atoms with van der Waals surface area (Å²) in [6, 6.07) is 10.1. The first-order valence-electron chi connectivity index (χ1n) is 11.0. The average molecular weight is 467 g/mol. The summed E-state index contributed by atoms with van der Waals surface area (Å²) in [6.07, 6.45) is 1.85. The standard InChI is InChI=1S/C24H27FN6O3/c1-15(2)12-30-13-17(6-11-20(30)32)14-31-16(3)26-22(28-31)23-27-21(29-34-23)18-7-9-19(10-8-18)33-24(4,5)25/h6-11,13,15H,12,14H2,1-5H3. The Bertz CT molecular complexity index is 1330. The van der Waals surface area contributed by atoms with E-state index >= 15 is 0 Å².